The second kappa shape index (κ2) is 4.14. The Morgan fingerprint density at radius 3 is 2.36 bits per heavy atom. The fraction of sp³-hybridized carbons (Fsp3) is 1.00. The molecule has 84 valence electrons. The molecule has 1 aliphatic rings. The van der Waals surface area contributed by atoms with Crippen molar-refractivity contribution in [3.8, 4) is 0 Å². The van der Waals surface area contributed by atoms with Gasteiger partial charge in [-0.3, -0.25) is 0 Å². The van der Waals surface area contributed by atoms with Gasteiger partial charge in [0.05, 0.1) is 0 Å². The van der Waals surface area contributed by atoms with Crippen LogP contribution in [0, 0.1) is 5.92 Å². The molecule has 0 saturated heterocycles. The van der Waals surface area contributed by atoms with Crippen LogP contribution in [0.5, 0.6) is 0 Å². The van der Waals surface area contributed by atoms with Crippen LogP contribution in [0.25, 0.3) is 0 Å². The van der Waals surface area contributed by atoms with E-state index in [2.05, 4.69) is 9.44 Å². The minimum atomic E-state index is -3.36. The van der Waals surface area contributed by atoms with E-state index in [1.165, 1.54) is 0 Å². The summed E-state index contributed by atoms with van der Waals surface area (Å²) in [4.78, 5) is 0. The molecule has 1 aliphatic carbocycles. The molecule has 0 unspecified atom stereocenters. The van der Waals surface area contributed by atoms with Crippen molar-refractivity contribution in [2.75, 3.05) is 13.1 Å². The molecule has 0 radical (unpaired) electrons. The third-order valence-corrected chi connectivity index (χ3v) is 3.53. The van der Waals surface area contributed by atoms with E-state index in [9.17, 15) is 8.42 Å². The Morgan fingerprint density at radius 2 is 2.00 bits per heavy atom. The van der Waals surface area contributed by atoms with Crippen LogP contribution < -0.4 is 15.2 Å². The van der Waals surface area contributed by atoms with Crippen LogP contribution in [0.4, 0.5) is 0 Å². The molecule has 1 fully saturated rings. The maximum atomic E-state index is 11.5. The topological polar surface area (TPSA) is 84.2 Å². The summed E-state index contributed by atoms with van der Waals surface area (Å²) in [7, 11) is -3.36. The fourth-order valence-corrected chi connectivity index (χ4v) is 2.58. The monoisotopic (exact) mass is 221 g/mol. The molecule has 0 spiro atoms. The van der Waals surface area contributed by atoms with Crippen molar-refractivity contribution >= 4 is 10.2 Å². The summed E-state index contributed by atoms with van der Waals surface area (Å²) >= 11 is 0. The Labute approximate surface area is 85.6 Å². The number of hydrogen-bond acceptors (Lipinski definition) is 3. The third-order valence-electron chi connectivity index (χ3n) is 2.28. The highest BCUT2D eigenvalue weighted by atomic mass is 32.2. The SMILES string of the molecule is CC(C)CNS(=O)(=O)NC1(CN)CC1. The normalized spacial score (nSPS) is 20.0. The molecule has 0 bridgehead atoms. The molecule has 1 rings (SSSR count). The number of nitrogens with two attached hydrogens (primary N) is 1. The highest BCUT2D eigenvalue weighted by Crippen LogP contribution is 2.34. The Balaban J connectivity index is 2.42. The first kappa shape index (κ1) is 11.9. The molecular weight excluding hydrogens is 202 g/mol. The van der Waals surface area contributed by atoms with Gasteiger partial charge in [-0.05, 0) is 18.8 Å². The van der Waals surface area contributed by atoms with Gasteiger partial charge in [0.2, 0.25) is 0 Å². The van der Waals surface area contributed by atoms with Gasteiger partial charge in [0.25, 0.3) is 10.2 Å². The Bertz CT molecular complexity index is 283. The molecule has 0 amide bonds. The first-order valence-corrected chi connectivity index (χ1v) is 6.36. The number of rotatable bonds is 6. The minimum absolute atomic E-state index is 0.305. The van der Waals surface area contributed by atoms with Crippen LogP contribution in [0.15, 0.2) is 0 Å². The van der Waals surface area contributed by atoms with Crippen molar-refractivity contribution in [2.45, 2.75) is 32.2 Å². The molecule has 0 aromatic carbocycles. The third kappa shape index (κ3) is 3.53. The first-order valence-electron chi connectivity index (χ1n) is 4.88. The number of hydrogen-bond donors (Lipinski definition) is 3. The number of nitrogens with one attached hydrogen (secondary N) is 2. The van der Waals surface area contributed by atoms with Gasteiger partial charge in [-0.1, -0.05) is 13.8 Å². The smallest absolute Gasteiger partial charge is 0.277 e. The van der Waals surface area contributed by atoms with Gasteiger partial charge in [0, 0.05) is 18.6 Å². The molecule has 4 N–H and O–H groups in total. The van der Waals surface area contributed by atoms with Crippen LogP contribution in [0.3, 0.4) is 0 Å². The lowest BCUT2D eigenvalue weighted by molar-refractivity contribution is 0.520. The van der Waals surface area contributed by atoms with E-state index in [1.54, 1.807) is 0 Å². The van der Waals surface area contributed by atoms with Crippen molar-refractivity contribution in [2.24, 2.45) is 11.7 Å². The molecule has 0 aromatic rings. The van der Waals surface area contributed by atoms with E-state index in [0.29, 0.717) is 19.0 Å². The summed E-state index contributed by atoms with van der Waals surface area (Å²) in [5, 5.41) is 0. The van der Waals surface area contributed by atoms with Gasteiger partial charge in [-0.15, -0.1) is 0 Å². The summed E-state index contributed by atoms with van der Waals surface area (Å²) < 4.78 is 28.0. The van der Waals surface area contributed by atoms with Gasteiger partial charge in [0.1, 0.15) is 0 Å². The summed E-state index contributed by atoms with van der Waals surface area (Å²) in [5.41, 5.74) is 5.12. The molecule has 0 aromatic heterocycles. The van der Waals surface area contributed by atoms with Crippen molar-refractivity contribution in [1.82, 2.24) is 9.44 Å². The van der Waals surface area contributed by atoms with Crippen LogP contribution >= 0.6 is 0 Å². The second-order valence-corrected chi connectivity index (χ2v) is 5.83. The van der Waals surface area contributed by atoms with Gasteiger partial charge >= 0.3 is 0 Å². The first-order chi connectivity index (χ1) is 6.39. The van der Waals surface area contributed by atoms with Gasteiger partial charge in [0.15, 0.2) is 0 Å². The predicted molar refractivity (Wildman–Crippen MR) is 55.9 cm³/mol. The maximum Gasteiger partial charge on any atom is 0.277 e. The largest absolute Gasteiger partial charge is 0.329 e. The molecule has 6 heteroatoms. The van der Waals surface area contributed by atoms with E-state index < -0.39 is 10.2 Å². The van der Waals surface area contributed by atoms with Crippen LogP contribution in [-0.2, 0) is 10.2 Å². The van der Waals surface area contributed by atoms with Crippen molar-refractivity contribution in [3.05, 3.63) is 0 Å². The molecule has 0 heterocycles. The van der Waals surface area contributed by atoms with Gasteiger partial charge in [-0.25, -0.2) is 4.72 Å². The van der Waals surface area contributed by atoms with E-state index in [0.717, 1.165) is 12.8 Å². The Morgan fingerprint density at radius 1 is 1.43 bits per heavy atom. The summed E-state index contributed by atoms with van der Waals surface area (Å²) in [6, 6.07) is 0. The zero-order valence-electron chi connectivity index (χ0n) is 8.71. The van der Waals surface area contributed by atoms with Crippen LogP contribution in [-0.4, -0.2) is 27.0 Å². The standard InChI is InChI=1S/C8H19N3O2S/c1-7(2)5-10-14(12,13)11-8(6-9)3-4-8/h7,10-11H,3-6,9H2,1-2H3. The van der Waals surface area contributed by atoms with Crippen molar-refractivity contribution in [1.29, 1.82) is 0 Å². The average Bonchev–Trinajstić information content (AvgIpc) is 2.82. The molecule has 0 aliphatic heterocycles. The van der Waals surface area contributed by atoms with Crippen molar-refractivity contribution in [3.63, 3.8) is 0 Å². The molecule has 1 saturated carbocycles. The minimum Gasteiger partial charge on any atom is -0.329 e. The van der Waals surface area contributed by atoms with Gasteiger partial charge < -0.3 is 5.73 Å². The van der Waals surface area contributed by atoms with E-state index >= 15 is 0 Å². The van der Waals surface area contributed by atoms with Crippen LogP contribution in [0.2, 0.25) is 0 Å². The van der Waals surface area contributed by atoms with Gasteiger partial charge in [-0.2, -0.15) is 13.1 Å². The average molecular weight is 221 g/mol. The second-order valence-electron chi connectivity index (χ2n) is 4.33. The lowest BCUT2D eigenvalue weighted by Gasteiger charge is -2.16. The highest BCUT2D eigenvalue weighted by Gasteiger charge is 2.44. The summed E-state index contributed by atoms with van der Waals surface area (Å²) in [6.45, 7) is 4.74. The Kier molecular flexibility index (Phi) is 3.52. The van der Waals surface area contributed by atoms with E-state index in [-0.39, 0.29) is 5.54 Å². The molecule has 5 nitrogen and oxygen atoms in total. The molecule has 0 atom stereocenters. The molecule has 14 heavy (non-hydrogen) atoms. The summed E-state index contributed by atoms with van der Waals surface area (Å²) in [5.74, 6) is 0.305. The fourth-order valence-electron chi connectivity index (χ4n) is 1.10. The highest BCUT2D eigenvalue weighted by molar-refractivity contribution is 7.87. The Hall–Kier alpha value is -0.170. The lowest BCUT2D eigenvalue weighted by Crippen LogP contribution is -2.48. The quantitative estimate of drug-likeness (QED) is 0.568. The van der Waals surface area contributed by atoms with Crippen molar-refractivity contribution < 1.29 is 8.42 Å². The summed E-state index contributed by atoms with van der Waals surface area (Å²) in [6.07, 6.45) is 1.68. The lowest BCUT2D eigenvalue weighted by atomic mass is 10.2. The zero-order chi connectivity index (χ0) is 10.8. The molecular formula is C8H19N3O2S. The zero-order valence-corrected chi connectivity index (χ0v) is 9.52. The predicted octanol–water partition coefficient (Wildman–Crippen LogP) is -0.442. The van der Waals surface area contributed by atoms with E-state index in [1.807, 2.05) is 13.8 Å². The van der Waals surface area contributed by atoms with E-state index in [4.69, 9.17) is 5.73 Å². The maximum absolute atomic E-state index is 11.5. The van der Waals surface area contributed by atoms with Crippen LogP contribution in [0.1, 0.15) is 26.7 Å².